The van der Waals surface area contributed by atoms with Gasteiger partial charge in [-0.3, -0.25) is 4.79 Å². The number of aliphatic hydroxyl groups excluding tert-OH is 1. The Morgan fingerprint density at radius 3 is 2.48 bits per heavy atom. The Morgan fingerprint density at radius 1 is 1.12 bits per heavy atom. The van der Waals surface area contributed by atoms with E-state index >= 15 is 0 Å². The predicted octanol–water partition coefficient (Wildman–Crippen LogP) is 3.80. The Balaban J connectivity index is 2.18. The van der Waals surface area contributed by atoms with Crippen molar-refractivity contribution in [2.75, 3.05) is 6.61 Å². The van der Waals surface area contributed by atoms with Crippen molar-refractivity contribution < 1.29 is 19.4 Å². The molecule has 5 heteroatoms. The number of carbonyl (C=O) groups excluding carboxylic acids is 2. The molecule has 0 spiro atoms. The molecule has 0 unspecified atom stereocenters. The van der Waals surface area contributed by atoms with E-state index in [2.05, 4.69) is 4.99 Å². The van der Waals surface area contributed by atoms with Crippen LogP contribution < -0.4 is 0 Å². The van der Waals surface area contributed by atoms with Crippen molar-refractivity contribution in [1.29, 1.82) is 0 Å². The van der Waals surface area contributed by atoms with E-state index in [1.807, 2.05) is 6.07 Å². The van der Waals surface area contributed by atoms with Gasteiger partial charge >= 0.3 is 5.97 Å². The van der Waals surface area contributed by atoms with Crippen LogP contribution in [0.25, 0.3) is 5.76 Å². The number of hydrogen-bond acceptors (Lipinski definition) is 5. The fourth-order valence-corrected chi connectivity index (χ4v) is 2.71. The summed E-state index contributed by atoms with van der Waals surface area (Å²) >= 11 is 0. The molecule has 0 amide bonds. The van der Waals surface area contributed by atoms with Crippen molar-refractivity contribution in [1.82, 2.24) is 0 Å². The van der Waals surface area contributed by atoms with Gasteiger partial charge in [0.05, 0.1) is 12.3 Å². The molecule has 0 fully saturated rings. The quantitative estimate of drug-likeness (QED) is 0.524. The number of ketones is 1. The van der Waals surface area contributed by atoms with E-state index in [9.17, 15) is 14.7 Å². The average Bonchev–Trinajstić information content (AvgIpc) is 2.93. The summed E-state index contributed by atoms with van der Waals surface area (Å²) in [5.74, 6) is -1.49. The van der Waals surface area contributed by atoms with Gasteiger partial charge in [-0.1, -0.05) is 36.4 Å². The molecule has 2 aromatic rings. The molecule has 1 aliphatic rings. The van der Waals surface area contributed by atoms with E-state index in [0.29, 0.717) is 16.8 Å². The van der Waals surface area contributed by atoms with Gasteiger partial charge in [-0.05, 0) is 31.5 Å². The zero-order valence-electron chi connectivity index (χ0n) is 13.9. The minimum Gasteiger partial charge on any atom is -0.506 e. The third-order valence-corrected chi connectivity index (χ3v) is 3.95. The number of fused-ring (bicyclic) bond motifs is 1. The first kappa shape index (κ1) is 16.6. The van der Waals surface area contributed by atoms with Crippen LogP contribution in [-0.2, 0) is 9.53 Å². The maximum absolute atomic E-state index is 12.7. The number of hydrogen-bond donors (Lipinski definition) is 1. The molecule has 0 radical (unpaired) electrons. The number of ether oxygens (including phenoxy) is 1. The number of esters is 1. The van der Waals surface area contributed by atoms with Crippen LogP contribution in [0.3, 0.4) is 0 Å². The Hall–Kier alpha value is -3.21. The van der Waals surface area contributed by atoms with E-state index in [4.69, 9.17) is 4.74 Å². The maximum atomic E-state index is 12.7. The van der Waals surface area contributed by atoms with Gasteiger partial charge in [0.2, 0.25) is 5.78 Å². The lowest BCUT2D eigenvalue weighted by Gasteiger charge is -2.11. The van der Waals surface area contributed by atoms with Crippen LogP contribution in [0, 0.1) is 6.92 Å². The lowest BCUT2D eigenvalue weighted by molar-refractivity contribution is -0.137. The van der Waals surface area contributed by atoms with Gasteiger partial charge in [-0.25, -0.2) is 9.79 Å². The Labute approximate surface area is 145 Å². The third-order valence-electron chi connectivity index (χ3n) is 3.95. The largest absolute Gasteiger partial charge is 0.506 e. The summed E-state index contributed by atoms with van der Waals surface area (Å²) in [5, 5.41) is 10.8. The standard InChI is InChI=1S/C20H17NO4/c1-3-25-20(24)16(18(22)13-9-5-4-8-12(13)2)17-19(23)14-10-6-7-11-15(14)21-17/h4-11,22H,3H2,1-2H3/b18-16+. The summed E-state index contributed by atoms with van der Waals surface area (Å²) in [6.45, 7) is 3.59. The van der Waals surface area contributed by atoms with Crippen LogP contribution in [0.4, 0.5) is 5.69 Å². The number of carbonyl (C=O) groups is 2. The number of rotatable bonds is 4. The number of aliphatic hydroxyl groups is 1. The molecule has 1 aliphatic heterocycles. The zero-order valence-corrected chi connectivity index (χ0v) is 13.9. The minimum absolute atomic E-state index is 0.0968. The number of nitrogens with zero attached hydrogens (tertiary/aromatic N) is 1. The fourth-order valence-electron chi connectivity index (χ4n) is 2.71. The lowest BCUT2D eigenvalue weighted by Crippen LogP contribution is -2.23. The zero-order chi connectivity index (χ0) is 18.0. The highest BCUT2D eigenvalue weighted by atomic mass is 16.5. The van der Waals surface area contributed by atoms with E-state index < -0.39 is 11.8 Å². The molecular formula is C20H17NO4. The van der Waals surface area contributed by atoms with Crippen LogP contribution in [0.1, 0.15) is 28.4 Å². The molecule has 2 aromatic carbocycles. The van der Waals surface area contributed by atoms with Gasteiger partial charge in [0, 0.05) is 11.1 Å². The predicted molar refractivity (Wildman–Crippen MR) is 95.2 cm³/mol. The lowest BCUT2D eigenvalue weighted by atomic mass is 9.97. The number of aliphatic imine (C=N–C) groups is 1. The number of para-hydroxylation sites is 1. The molecule has 5 nitrogen and oxygen atoms in total. The van der Waals surface area contributed by atoms with Gasteiger partial charge in [0.15, 0.2) is 0 Å². The minimum atomic E-state index is -0.775. The normalized spacial score (nSPS) is 13.8. The Bertz CT molecular complexity index is 925. The summed E-state index contributed by atoms with van der Waals surface area (Å²) in [4.78, 5) is 29.4. The van der Waals surface area contributed by atoms with Crippen LogP contribution in [0.5, 0.6) is 0 Å². The molecule has 0 bridgehead atoms. The molecule has 0 aromatic heterocycles. The Kier molecular flexibility index (Phi) is 4.48. The van der Waals surface area contributed by atoms with E-state index in [0.717, 1.165) is 5.56 Å². The second kappa shape index (κ2) is 6.73. The molecule has 0 atom stereocenters. The SMILES string of the molecule is CCOC(=O)/C(C1=Nc2ccccc2C1=O)=C(/O)c1ccccc1C. The molecule has 3 rings (SSSR count). The fraction of sp³-hybridized carbons (Fsp3) is 0.150. The molecule has 0 aliphatic carbocycles. The maximum Gasteiger partial charge on any atom is 0.344 e. The van der Waals surface area contributed by atoms with E-state index in [-0.39, 0.29) is 23.7 Å². The van der Waals surface area contributed by atoms with Crippen molar-refractivity contribution in [2.45, 2.75) is 13.8 Å². The van der Waals surface area contributed by atoms with Gasteiger partial charge in [0.1, 0.15) is 17.0 Å². The van der Waals surface area contributed by atoms with Crippen molar-refractivity contribution in [2.24, 2.45) is 4.99 Å². The third kappa shape index (κ3) is 2.96. The van der Waals surface area contributed by atoms with Crippen LogP contribution in [0.15, 0.2) is 59.1 Å². The summed E-state index contributed by atoms with van der Waals surface area (Å²) < 4.78 is 5.06. The molecule has 126 valence electrons. The first-order valence-electron chi connectivity index (χ1n) is 7.93. The van der Waals surface area contributed by atoms with Crippen molar-refractivity contribution in [3.63, 3.8) is 0 Å². The highest BCUT2D eigenvalue weighted by Gasteiger charge is 2.34. The summed E-state index contributed by atoms with van der Waals surface area (Å²) in [6, 6.07) is 13.9. The van der Waals surface area contributed by atoms with Crippen molar-refractivity contribution in [3.05, 3.63) is 70.8 Å². The van der Waals surface area contributed by atoms with Crippen LogP contribution in [0.2, 0.25) is 0 Å². The first-order chi connectivity index (χ1) is 12.0. The molecule has 0 saturated heterocycles. The highest BCUT2D eigenvalue weighted by molar-refractivity contribution is 6.59. The highest BCUT2D eigenvalue weighted by Crippen LogP contribution is 2.31. The summed E-state index contributed by atoms with van der Waals surface area (Å²) in [7, 11) is 0. The van der Waals surface area contributed by atoms with Gasteiger partial charge in [0.25, 0.3) is 0 Å². The number of aryl methyl sites for hydroxylation is 1. The smallest absolute Gasteiger partial charge is 0.344 e. The average molecular weight is 335 g/mol. The van der Waals surface area contributed by atoms with Gasteiger partial charge < -0.3 is 9.84 Å². The second-order valence-corrected chi connectivity index (χ2v) is 5.57. The molecule has 0 saturated carbocycles. The first-order valence-corrected chi connectivity index (χ1v) is 7.93. The van der Waals surface area contributed by atoms with E-state index in [1.165, 1.54) is 0 Å². The molecular weight excluding hydrogens is 318 g/mol. The molecule has 1 N–H and O–H groups in total. The Morgan fingerprint density at radius 2 is 1.80 bits per heavy atom. The topological polar surface area (TPSA) is 76.0 Å². The number of Topliss-reactive ketones (excluding diaryl/α,β-unsaturated/α-hetero) is 1. The van der Waals surface area contributed by atoms with Gasteiger partial charge in [-0.2, -0.15) is 0 Å². The molecule has 1 heterocycles. The van der Waals surface area contributed by atoms with E-state index in [1.54, 1.807) is 56.3 Å². The van der Waals surface area contributed by atoms with Gasteiger partial charge in [-0.15, -0.1) is 0 Å². The molecule has 25 heavy (non-hydrogen) atoms. The summed E-state index contributed by atoms with van der Waals surface area (Å²) in [6.07, 6.45) is 0. The number of benzene rings is 2. The van der Waals surface area contributed by atoms with Crippen LogP contribution >= 0.6 is 0 Å². The monoisotopic (exact) mass is 335 g/mol. The van der Waals surface area contributed by atoms with Crippen molar-refractivity contribution in [3.8, 4) is 0 Å². The van der Waals surface area contributed by atoms with Crippen LogP contribution in [-0.4, -0.2) is 29.2 Å². The van der Waals surface area contributed by atoms with Crippen molar-refractivity contribution >= 4 is 28.9 Å². The second-order valence-electron chi connectivity index (χ2n) is 5.57. The summed E-state index contributed by atoms with van der Waals surface area (Å²) in [5.41, 5.74) is 1.79.